The van der Waals surface area contributed by atoms with Crippen molar-refractivity contribution in [1.82, 2.24) is 9.88 Å². The van der Waals surface area contributed by atoms with Crippen LogP contribution in [0.2, 0.25) is 0 Å². The van der Waals surface area contributed by atoms with Crippen LogP contribution in [0, 0.1) is 11.3 Å². The number of nitrogens with one attached hydrogen (secondary N) is 1. The lowest BCUT2D eigenvalue weighted by Gasteiger charge is -2.54. The van der Waals surface area contributed by atoms with Crippen LogP contribution in [0.1, 0.15) is 12.8 Å². The summed E-state index contributed by atoms with van der Waals surface area (Å²) in [5, 5.41) is 3.26. The van der Waals surface area contributed by atoms with E-state index >= 15 is 0 Å². The Balaban J connectivity index is 1.65. The smallest absolute Gasteiger partial charge is 0.387 e. The van der Waals surface area contributed by atoms with Gasteiger partial charge >= 0.3 is 6.61 Å². The van der Waals surface area contributed by atoms with Crippen LogP contribution in [-0.4, -0.2) is 24.3 Å². The molecular formula is C13H16F2N2O2. The minimum atomic E-state index is -2.86. The Morgan fingerprint density at radius 2 is 2.16 bits per heavy atom. The zero-order valence-corrected chi connectivity index (χ0v) is 10.4. The van der Waals surface area contributed by atoms with Crippen LogP contribution in [-0.2, 0) is 6.54 Å². The molecule has 2 fully saturated rings. The molecule has 1 aliphatic carbocycles. The normalized spacial score (nSPS) is 21.2. The van der Waals surface area contributed by atoms with Crippen molar-refractivity contribution in [2.45, 2.75) is 26.0 Å². The molecule has 0 unspecified atom stereocenters. The van der Waals surface area contributed by atoms with Gasteiger partial charge in [-0.25, -0.2) is 0 Å². The van der Waals surface area contributed by atoms with E-state index in [1.165, 1.54) is 22.9 Å². The van der Waals surface area contributed by atoms with Gasteiger partial charge in [-0.2, -0.15) is 8.78 Å². The first-order chi connectivity index (χ1) is 9.06. The van der Waals surface area contributed by atoms with Crippen molar-refractivity contribution in [3.8, 4) is 5.75 Å². The Morgan fingerprint density at radius 1 is 1.42 bits per heavy atom. The summed E-state index contributed by atoms with van der Waals surface area (Å²) in [6.45, 7) is -0.153. The van der Waals surface area contributed by atoms with E-state index in [9.17, 15) is 13.6 Å². The number of ether oxygens (including phenoxy) is 1. The van der Waals surface area contributed by atoms with Crippen molar-refractivity contribution in [1.29, 1.82) is 0 Å². The van der Waals surface area contributed by atoms with E-state index in [0.717, 1.165) is 25.9 Å². The van der Waals surface area contributed by atoms with E-state index in [4.69, 9.17) is 0 Å². The number of halogens is 2. The van der Waals surface area contributed by atoms with Crippen LogP contribution in [0.15, 0.2) is 23.1 Å². The van der Waals surface area contributed by atoms with Gasteiger partial charge in [0.2, 0.25) is 0 Å². The third kappa shape index (κ3) is 2.49. The first kappa shape index (κ1) is 12.6. The summed E-state index contributed by atoms with van der Waals surface area (Å²) in [6.07, 6.45) is 3.58. The van der Waals surface area contributed by atoms with Gasteiger partial charge in [-0.05, 0) is 30.2 Å². The average Bonchev–Trinajstić information content (AvgIpc) is 2.23. The summed E-state index contributed by atoms with van der Waals surface area (Å²) in [7, 11) is 0. The lowest BCUT2D eigenvalue weighted by molar-refractivity contribution is -0.0505. The molecule has 0 bridgehead atoms. The summed E-state index contributed by atoms with van der Waals surface area (Å²) in [6, 6.07) is 2.56. The van der Waals surface area contributed by atoms with Gasteiger partial charge in [-0.1, -0.05) is 0 Å². The van der Waals surface area contributed by atoms with Gasteiger partial charge < -0.3 is 14.6 Å². The van der Waals surface area contributed by atoms with Crippen molar-refractivity contribution >= 4 is 0 Å². The summed E-state index contributed by atoms with van der Waals surface area (Å²) in [5.41, 5.74) is 0.278. The molecule has 104 valence electrons. The lowest BCUT2D eigenvalue weighted by atomic mass is 9.58. The molecule has 0 radical (unpaired) electrons. The summed E-state index contributed by atoms with van der Waals surface area (Å²) >= 11 is 0. The summed E-state index contributed by atoms with van der Waals surface area (Å²) in [4.78, 5) is 11.7. The van der Waals surface area contributed by atoms with Crippen molar-refractivity contribution in [2.75, 3.05) is 13.1 Å². The Hall–Kier alpha value is -1.43. The highest BCUT2D eigenvalue weighted by atomic mass is 19.3. The molecule has 1 aromatic rings. The molecule has 1 N–H and O–H groups in total. The molecular weight excluding hydrogens is 254 g/mol. The molecule has 1 aliphatic heterocycles. The van der Waals surface area contributed by atoms with Crippen LogP contribution in [0.5, 0.6) is 5.75 Å². The van der Waals surface area contributed by atoms with Crippen LogP contribution in [0.4, 0.5) is 8.78 Å². The zero-order valence-electron chi connectivity index (χ0n) is 10.4. The number of hydrogen-bond acceptors (Lipinski definition) is 3. The van der Waals surface area contributed by atoms with Crippen LogP contribution < -0.4 is 15.6 Å². The Morgan fingerprint density at radius 3 is 2.74 bits per heavy atom. The number of hydrogen-bond donors (Lipinski definition) is 1. The Kier molecular flexibility index (Phi) is 3.05. The molecule has 1 aromatic heterocycles. The van der Waals surface area contributed by atoms with Gasteiger partial charge in [0.15, 0.2) is 0 Å². The van der Waals surface area contributed by atoms with E-state index in [0.29, 0.717) is 17.9 Å². The van der Waals surface area contributed by atoms with Crippen LogP contribution in [0.25, 0.3) is 0 Å². The highest BCUT2D eigenvalue weighted by Crippen LogP contribution is 2.48. The van der Waals surface area contributed by atoms with E-state index in [1.807, 2.05) is 0 Å². The van der Waals surface area contributed by atoms with Gasteiger partial charge in [-0.15, -0.1) is 0 Å². The molecule has 0 aromatic carbocycles. The van der Waals surface area contributed by atoms with E-state index in [-0.39, 0.29) is 11.3 Å². The van der Waals surface area contributed by atoms with Crippen molar-refractivity contribution in [3.05, 3.63) is 28.7 Å². The quantitative estimate of drug-likeness (QED) is 0.900. The molecule has 1 spiro atoms. The Labute approximate surface area is 109 Å². The molecule has 6 heteroatoms. The fourth-order valence-corrected chi connectivity index (χ4v) is 3.16. The fraction of sp³-hybridized carbons (Fsp3) is 0.615. The van der Waals surface area contributed by atoms with Gasteiger partial charge in [0.1, 0.15) is 5.75 Å². The summed E-state index contributed by atoms with van der Waals surface area (Å²) < 4.78 is 30.0. The van der Waals surface area contributed by atoms with Crippen molar-refractivity contribution < 1.29 is 13.5 Å². The first-order valence-corrected chi connectivity index (χ1v) is 6.42. The first-order valence-electron chi connectivity index (χ1n) is 6.42. The largest absolute Gasteiger partial charge is 0.433 e. The maximum Gasteiger partial charge on any atom is 0.387 e. The second kappa shape index (κ2) is 4.59. The third-order valence-electron chi connectivity index (χ3n) is 4.08. The lowest BCUT2D eigenvalue weighted by Crippen LogP contribution is -2.60. The predicted octanol–water partition coefficient (Wildman–Crippen LogP) is 1.45. The molecule has 2 heterocycles. The van der Waals surface area contributed by atoms with Gasteiger partial charge in [0.25, 0.3) is 5.56 Å². The predicted molar refractivity (Wildman–Crippen MR) is 65.4 cm³/mol. The molecule has 19 heavy (non-hydrogen) atoms. The number of rotatable bonds is 4. The van der Waals surface area contributed by atoms with Crippen molar-refractivity contribution in [3.63, 3.8) is 0 Å². The second-order valence-electron chi connectivity index (χ2n) is 5.61. The SMILES string of the molecule is O=c1ccc(OC(F)F)cn1CC1CC2(CNC2)C1. The second-order valence-corrected chi connectivity index (χ2v) is 5.61. The minimum Gasteiger partial charge on any atom is -0.433 e. The Bertz CT molecular complexity index is 518. The van der Waals surface area contributed by atoms with E-state index < -0.39 is 6.61 Å². The highest BCUT2D eigenvalue weighted by Gasteiger charge is 2.48. The number of aromatic nitrogens is 1. The minimum absolute atomic E-state index is 0.0361. The fourth-order valence-electron chi connectivity index (χ4n) is 3.16. The molecule has 3 rings (SSSR count). The molecule has 0 amide bonds. The average molecular weight is 270 g/mol. The van der Waals surface area contributed by atoms with Crippen LogP contribution in [0.3, 0.4) is 0 Å². The number of nitrogens with zero attached hydrogens (tertiary/aromatic N) is 1. The maximum absolute atomic E-state index is 12.1. The van der Waals surface area contributed by atoms with Gasteiger partial charge in [0, 0.05) is 31.9 Å². The topological polar surface area (TPSA) is 43.3 Å². The van der Waals surface area contributed by atoms with Crippen LogP contribution >= 0.6 is 0 Å². The number of pyridine rings is 1. The molecule has 1 saturated heterocycles. The van der Waals surface area contributed by atoms with Gasteiger partial charge in [0.05, 0.1) is 0 Å². The maximum atomic E-state index is 12.1. The van der Waals surface area contributed by atoms with Crippen molar-refractivity contribution in [2.24, 2.45) is 11.3 Å². The standard InChI is InChI=1S/C13H16F2N2O2/c14-12(15)19-10-1-2-11(18)17(6-10)5-9-3-13(4-9)7-16-8-13/h1-2,6,9,12,16H,3-5,7-8H2. The highest BCUT2D eigenvalue weighted by molar-refractivity contribution is 5.17. The van der Waals surface area contributed by atoms with E-state index in [2.05, 4.69) is 10.1 Å². The van der Waals surface area contributed by atoms with E-state index in [1.54, 1.807) is 0 Å². The van der Waals surface area contributed by atoms with Gasteiger partial charge in [-0.3, -0.25) is 4.79 Å². The number of alkyl halides is 2. The third-order valence-corrected chi connectivity index (χ3v) is 4.08. The molecule has 2 aliphatic rings. The monoisotopic (exact) mass is 270 g/mol. The molecule has 1 saturated carbocycles. The zero-order chi connectivity index (χ0) is 13.5. The molecule has 4 nitrogen and oxygen atoms in total. The summed E-state index contributed by atoms with van der Waals surface area (Å²) in [5.74, 6) is 0.496. The molecule has 0 atom stereocenters.